The molecular formula is C14H20N4S. The van der Waals surface area contributed by atoms with Crippen LogP contribution < -0.4 is 10.2 Å². The number of anilines is 1. The second-order valence-corrected chi connectivity index (χ2v) is 6.25. The van der Waals surface area contributed by atoms with Crippen LogP contribution in [0.5, 0.6) is 0 Å². The van der Waals surface area contributed by atoms with Crippen LogP contribution in [0.2, 0.25) is 0 Å². The molecule has 102 valence electrons. The molecule has 4 nitrogen and oxygen atoms in total. The smallest absolute Gasteiger partial charge is 0.149 e. The minimum Gasteiger partial charge on any atom is -0.358 e. The van der Waals surface area contributed by atoms with E-state index in [1.165, 1.54) is 23.1 Å². The highest BCUT2D eigenvalue weighted by atomic mass is 32.1. The fourth-order valence-corrected chi connectivity index (χ4v) is 3.81. The first kappa shape index (κ1) is 12.8. The van der Waals surface area contributed by atoms with Crippen molar-refractivity contribution in [2.24, 2.45) is 5.92 Å². The summed E-state index contributed by atoms with van der Waals surface area (Å²) in [5.41, 5.74) is 2.35. The molecule has 0 aliphatic carbocycles. The third kappa shape index (κ3) is 2.58. The van der Waals surface area contributed by atoms with Crippen LogP contribution in [0, 0.1) is 12.8 Å². The third-order valence-electron chi connectivity index (χ3n) is 3.86. The van der Waals surface area contributed by atoms with Crippen LogP contribution in [0.3, 0.4) is 0 Å². The summed E-state index contributed by atoms with van der Waals surface area (Å²) in [5.74, 6) is 1.86. The second-order valence-electron chi connectivity index (χ2n) is 5.37. The molecule has 0 spiro atoms. The van der Waals surface area contributed by atoms with Crippen LogP contribution in [0.15, 0.2) is 11.7 Å². The lowest BCUT2D eigenvalue weighted by Crippen LogP contribution is -2.34. The van der Waals surface area contributed by atoms with E-state index in [9.17, 15) is 0 Å². The molecule has 2 aromatic rings. The number of nitrogens with zero attached hydrogens (tertiary/aromatic N) is 3. The number of piperidine rings is 1. The van der Waals surface area contributed by atoms with Gasteiger partial charge in [0.25, 0.3) is 0 Å². The molecule has 19 heavy (non-hydrogen) atoms. The number of fused-ring (bicyclic) bond motifs is 1. The highest BCUT2D eigenvalue weighted by Gasteiger charge is 2.18. The summed E-state index contributed by atoms with van der Waals surface area (Å²) >= 11 is 1.75. The van der Waals surface area contributed by atoms with Gasteiger partial charge >= 0.3 is 0 Å². The van der Waals surface area contributed by atoms with Crippen molar-refractivity contribution >= 4 is 27.4 Å². The number of rotatable bonds is 3. The molecule has 1 N–H and O–H groups in total. The minimum atomic E-state index is 0.775. The Morgan fingerprint density at radius 2 is 2.16 bits per heavy atom. The predicted octanol–water partition coefficient (Wildman–Crippen LogP) is 2.44. The van der Waals surface area contributed by atoms with Crippen LogP contribution >= 0.6 is 11.3 Å². The van der Waals surface area contributed by atoms with Gasteiger partial charge in [0, 0.05) is 13.6 Å². The van der Waals surface area contributed by atoms with Crippen LogP contribution in [0.4, 0.5) is 5.82 Å². The first-order chi connectivity index (χ1) is 9.25. The maximum atomic E-state index is 4.50. The van der Waals surface area contributed by atoms with Crippen LogP contribution in [-0.2, 0) is 0 Å². The first-order valence-electron chi connectivity index (χ1n) is 6.86. The maximum Gasteiger partial charge on any atom is 0.149 e. The molecule has 0 atom stereocenters. The highest BCUT2D eigenvalue weighted by molar-refractivity contribution is 7.18. The van der Waals surface area contributed by atoms with Crippen LogP contribution in [0.25, 0.3) is 10.2 Å². The normalized spacial score (nSPS) is 16.9. The van der Waals surface area contributed by atoms with E-state index in [1.54, 1.807) is 17.7 Å². The zero-order valence-corrected chi connectivity index (χ0v) is 12.3. The number of hydrogen-bond acceptors (Lipinski definition) is 5. The van der Waals surface area contributed by atoms with Gasteiger partial charge in [0.1, 0.15) is 12.1 Å². The summed E-state index contributed by atoms with van der Waals surface area (Å²) in [5, 5.41) is 5.59. The Morgan fingerprint density at radius 3 is 2.95 bits per heavy atom. The van der Waals surface area contributed by atoms with E-state index in [-0.39, 0.29) is 0 Å². The summed E-state index contributed by atoms with van der Waals surface area (Å²) in [6.07, 6.45) is 4.22. The molecule has 3 rings (SSSR count). The molecule has 2 aromatic heterocycles. The van der Waals surface area contributed by atoms with Crippen molar-refractivity contribution in [2.75, 3.05) is 31.6 Å². The number of thiophene rings is 1. The van der Waals surface area contributed by atoms with Gasteiger partial charge < -0.3 is 10.2 Å². The Labute approximate surface area is 117 Å². The Bertz CT molecular complexity index is 560. The van der Waals surface area contributed by atoms with Gasteiger partial charge in [-0.3, -0.25) is 0 Å². The Hall–Kier alpha value is -1.20. The molecule has 1 saturated heterocycles. The van der Waals surface area contributed by atoms with Gasteiger partial charge in [-0.1, -0.05) is 0 Å². The molecule has 0 saturated carbocycles. The monoisotopic (exact) mass is 276 g/mol. The summed E-state index contributed by atoms with van der Waals surface area (Å²) in [6.45, 7) is 5.50. The predicted molar refractivity (Wildman–Crippen MR) is 81.0 cm³/mol. The third-order valence-corrected chi connectivity index (χ3v) is 4.95. The van der Waals surface area contributed by atoms with Gasteiger partial charge in [0.15, 0.2) is 0 Å². The first-order valence-corrected chi connectivity index (χ1v) is 7.74. The van der Waals surface area contributed by atoms with E-state index in [1.807, 2.05) is 0 Å². The van der Waals surface area contributed by atoms with E-state index >= 15 is 0 Å². The average Bonchev–Trinajstić information content (AvgIpc) is 2.82. The molecule has 0 unspecified atom stereocenters. The van der Waals surface area contributed by atoms with Gasteiger partial charge in [-0.05, 0) is 49.7 Å². The van der Waals surface area contributed by atoms with Gasteiger partial charge in [-0.15, -0.1) is 11.3 Å². The average molecular weight is 276 g/mol. The molecule has 0 radical (unpaired) electrons. The maximum absolute atomic E-state index is 4.50. The van der Waals surface area contributed by atoms with Gasteiger partial charge in [-0.2, -0.15) is 0 Å². The molecule has 3 heterocycles. The van der Waals surface area contributed by atoms with Crippen molar-refractivity contribution in [3.8, 4) is 0 Å². The molecule has 0 amide bonds. The summed E-state index contributed by atoms with van der Waals surface area (Å²) in [4.78, 5) is 11.2. The van der Waals surface area contributed by atoms with Gasteiger partial charge in [0.2, 0.25) is 0 Å². The van der Waals surface area contributed by atoms with Gasteiger partial charge in [-0.25, -0.2) is 9.97 Å². The lowest BCUT2D eigenvalue weighted by Gasteiger charge is -2.28. The SMILES string of the molecule is Cc1csc2c(N(C)CC3CCNCC3)ncnc12. The van der Waals surface area contributed by atoms with Crippen molar-refractivity contribution in [2.45, 2.75) is 19.8 Å². The number of nitrogens with one attached hydrogen (secondary N) is 1. The zero-order chi connectivity index (χ0) is 13.2. The van der Waals surface area contributed by atoms with E-state index in [0.29, 0.717) is 0 Å². The van der Waals surface area contributed by atoms with Crippen molar-refractivity contribution in [1.82, 2.24) is 15.3 Å². The van der Waals surface area contributed by atoms with Crippen molar-refractivity contribution in [3.63, 3.8) is 0 Å². The quantitative estimate of drug-likeness (QED) is 0.935. The van der Waals surface area contributed by atoms with E-state index in [0.717, 1.165) is 36.9 Å². The van der Waals surface area contributed by atoms with Gasteiger partial charge in [0.05, 0.1) is 10.2 Å². The summed E-state index contributed by atoms with van der Waals surface area (Å²) in [7, 11) is 2.15. The second kappa shape index (κ2) is 5.43. The molecule has 5 heteroatoms. The number of aryl methyl sites for hydroxylation is 1. The van der Waals surface area contributed by atoms with Crippen LogP contribution in [0.1, 0.15) is 18.4 Å². The lowest BCUT2D eigenvalue weighted by molar-refractivity contribution is 0.377. The molecule has 1 aliphatic heterocycles. The Kier molecular flexibility index (Phi) is 3.66. The highest BCUT2D eigenvalue weighted by Crippen LogP contribution is 2.30. The number of hydrogen-bond donors (Lipinski definition) is 1. The van der Waals surface area contributed by atoms with E-state index in [2.05, 4.69) is 39.5 Å². The molecule has 0 bridgehead atoms. The Balaban J connectivity index is 1.82. The standard InChI is InChI=1S/C14H20N4S/c1-10-8-19-13-12(10)16-9-17-14(13)18(2)7-11-3-5-15-6-4-11/h8-9,11,15H,3-7H2,1-2H3. The molecule has 0 aromatic carbocycles. The zero-order valence-electron chi connectivity index (χ0n) is 11.5. The summed E-state index contributed by atoms with van der Waals surface area (Å²) < 4.78 is 1.22. The van der Waals surface area contributed by atoms with E-state index < -0.39 is 0 Å². The fraction of sp³-hybridized carbons (Fsp3) is 0.571. The van der Waals surface area contributed by atoms with E-state index in [4.69, 9.17) is 0 Å². The molecule has 1 aliphatic rings. The van der Waals surface area contributed by atoms with Crippen molar-refractivity contribution in [3.05, 3.63) is 17.3 Å². The minimum absolute atomic E-state index is 0.775. The lowest BCUT2D eigenvalue weighted by atomic mass is 9.98. The molecule has 1 fully saturated rings. The number of aromatic nitrogens is 2. The van der Waals surface area contributed by atoms with Crippen molar-refractivity contribution in [1.29, 1.82) is 0 Å². The largest absolute Gasteiger partial charge is 0.358 e. The van der Waals surface area contributed by atoms with Crippen molar-refractivity contribution < 1.29 is 0 Å². The topological polar surface area (TPSA) is 41.0 Å². The molecular weight excluding hydrogens is 256 g/mol. The van der Waals surface area contributed by atoms with Crippen LogP contribution in [-0.4, -0.2) is 36.6 Å². The Morgan fingerprint density at radius 1 is 1.37 bits per heavy atom. The fourth-order valence-electron chi connectivity index (χ4n) is 2.77. The summed E-state index contributed by atoms with van der Waals surface area (Å²) in [6, 6.07) is 0.